The molecule has 2 aliphatic rings. The van der Waals surface area contributed by atoms with Crippen molar-refractivity contribution in [1.82, 2.24) is 9.80 Å². The normalized spacial score (nSPS) is 18.0. The van der Waals surface area contributed by atoms with Gasteiger partial charge in [0.05, 0.1) is 19.2 Å². The Morgan fingerprint density at radius 2 is 1.12 bits per heavy atom. The average molecular weight is 461 g/mol. The van der Waals surface area contributed by atoms with Crippen LogP contribution < -0.4 is 0 Å². The second kappa shape index (κ2) is 8.97. The molecule has 0 atom stereocenters. The molecule has 0 unspecified atom stereocenters. The van der Waals surface area contributed by atoms with Gasteiger partial charge in [-0.25, -0.2) is 0 Å². The molecule has 0 aliphatic carbocycles. The number of ketones is 1. The van der Waals surface area contributed by atoms with Crippen molar-refractivity contribution < 1.29 is 28.7 Å². The van der Waals surface area contributed by atoms with E-state index in [-0.39, 0.29) is 25.5 Å². The Bertz CT molecular complexity index is 875. The highest BCUT2D eigenvalue weighted by molar-refractivity contribution is 6.17. The van der Waals surface area contributed by atoms with Crippen LogP contribution in [0.2, 0.25) is 0 Å². The fourth-order valence-electron chi connectivity index (χ4n) is 3.42. The Morgan fingerprint density at radius 1 is 0.758 bits per heavy atom. The van der Waals surface area contributed by atoms with Crippen LogP contribution in [0.3, 0.4) is 0 Å². The van der Waals surface area contributed by atoms with Crippen LogP contribution in [0, 0.1) is 16.2 Å². The third kappa shape index (κ3) is 6.05. The zero-order chi connectivity index (χ0) is 25.5. The molecule has 0 N–H and O–H groups in total. The molecule has 8 heteroatoms. The summed E-state index contributed by atoms with van der Waals surface area (Å²) in [5.74, 6) is -2.00. The Labute approximate surface area is 196 Å². The molecule has 2 rings (SSSR count). The Hall–Kier alpha value is -2.61. The quantitative estimate of drug-likeness (QED) is 0.542. The summed E-state index contributed by atoms with van der Waals surface area (Å²) in [5, 5.41) is 0. The SMILES string of the molecule is CC(C)(C)C(=O)COC(CN1C(=O)C=C(C(C)(C)C)C1=O)CN1C(=O)C=C(C(C)(C)C)C1=O. The van der Waals surface area contributed by atoms with Gasteiger partial charge in [-0.3, -0.25) is 33.8 Å². The minimum absolute atomic E-state index is 0.173. The number of rotatable bonds is 7. The van der Waals surface area contributed by atoms with Crippen LogP contribution in [-0.2, 0) is 28.7 Å². The number of carbonyl (C=O) groups excluding carboxylic acids is 5. The molecule has 0 saturated carbocycles. The molecule has 0 radical (unpaired) electrons. The first-order chi connectivity index (χ1) is 14.8. The fraction of sp³-hybridized carbons (Fsp3) is 0.640. The standard InChI is InChI=1S/C25H36N2O6/c1-23(2,3)16-10-19(29)26(21(16)31)12-15(33-14-18(28)25(7,8)9)13-27-20(30)11-17(22(27)32)24(4,5)6/h10-11,15H,12-14H2,1-9H3. The summed E-state index contributed by atoms with van der Waals surface area (Å²) in [6.45, 7) is 15.7. The number of imide groups is 2. The van der Waals surface area contributed by atoms with Crippen LogP contribution in [0.1, 0.15) is 62.3 Å². The maximum Gasteiger partial charge on any atom is 0.257 e. The van der Waals surface area contributed by atoms with Gasteiger partial charge in [-0.05, 0) is 10.8 Å². The molecule has 0 fully saturated rings. The maximum absolute atomic E-state index is 12.9. The molecule has 0 aromatic rings. The Kier molecular flexibility index (Phi) is 7.24. The monoisotopic (exact) mass is 460 g/mol. The van der Waals surface area contributed by atoms with Crippen LogP contribution in [0.5, 0.6) is 0 Å². The van der Waals surface area contributed by atoms with Crippen molar-refractivity contribution in [3.05, 3.63) is 23.3 Å². The summed E-state index contributed by atoms with van der Waals surface area (Å²) in [5.41, 5.74) is -0.937. The van der Waals surface area contributed by atoms with Crippen molar-refractivity contribution in [2.75, 3.05) is 19.7 Å². The molecule has 0 aromatic heterocycles. The smallest absolute Gasteiger partial charge is 0.257 e. The van der Waals surface area contributed by atoms with Gasteiger partial charge < -0.3 is 4.74 Å². The van der Waals surface area contributed by atoms with Crippen molar-refractivity contribution in [3.8, 4) is 0 Å². The van der Waals surface area contributed by atoms with Crippen molar-refractivity contribution in [1.29, 1.82) is 0 Å². The molecule has 0 bridgehead atoms. The molecule has 33 heavy (non-hydrogen) atoms. The van der Waals surface area contributed by atoms with Crippen molar-refractivity contribution in [2.24, 2.45) is 16.2 Å². The lowest BCUT2D eigenvalue weighted by atomic mass is 9.86. The van der Waals surface area contributed by atoms with E-state index in [9.17, 15) is 24.0 Å². The molecule has 4 amide bonds. The number of amides is 4. The third-order valence-corrected chi connectivity index (χ3v) is 5.69. The highest BCUT2D eigenvalue weighted by atomic mass is 16.5. The largest absolute Gasteiger partial charge is 0.367 e. The van der Waals surface area contributed by atoms with E-state index in [4.69, 9.17) is 4.74 Å². The van der Waals surface area contributed by atoms with Gasteiger partial charge >= 0.3 is 0 Å². The molecule has 0 spiro atoms. The number of carbonyl (C=O) groups is 5. The van der Waals surface area contributed by atoms with Gasteiger partial charge in [0.25, 0.3) is 23.6 Å². The molecule has 182 valence electrons. The minimum atomic E-state index is -0.905. The first-order valence-electron chi connectivity index (χ1n) is 11.1. The lowest BCUT2D eigenvalue weighted by Gasteiger charge is -2.29. The van der Waals surface area contributed by atoms with Gasteiger partial charge in [-0.15, -0.1) is 0 Å². The predicted molar refractivity (Wildman–Crippen MR) is 123 cm³/mol. The van der Waals surface area contributed by atoms with Crippen LogP contribution >= 0.6 is 0 Å². The Morgan fingerprint density at radius 3 is 1.39 bits per heavy atom. The van der Waals surface area contributed by atoms with Gasteiger partial charge in [-0.2, -0.15) is 0 Å². The summed E-state index contributed by atoms with van der Waals surface area (Å²) in [7, 11) is 0. The summed E-state index contributed by atoms with van der Waals surface area (Å²) >= 11 is 0. The third-order valence-electron chi connectivity index (χ3n) is 5.69. The van der Waals surface area contributed by atoms with E-state index in [0.29, 0.717) is 11.1 Å². The molecule has 0 saturated heterocycles. The van der Waals surface area contributed by atoms with Crippen molar-refractivity contribution in [3.63, 3.8) is 0 Å². The van der Waals surface area contributed by atoms with Crippen molar-refractivity contribution >= 4 is 29.4 Å². The summed E-state index contributed by atoms with van der Waals surface area (Å²) < 4.78 is 5.80. The van der Waals surface area contributed by atoms with E-state index >= 15 is 0 Å². The second-order valence-corrected chi connectivity index (χ2v) is 11.7. The van der Waals surface area contributed by atoms with Gasteiger partial charge in [0.2, 0.25) is 0 Å². The highest BCUT2D eigenvalue weighted by Gasteiger charge is 2.41. The lowest BCUT2D eigenvalue weighted by Crippen LogP contribution is -2.47. The van der Waals surface area contributed by atoms with E-state index in [0.717, 1.165) is 9.80 Å². The van der Waals surface area contributed by atoms with Gasteiger partial charge in [0.15, 0.2) is 5.78 Å². The van der Waals surface area contributed by atoms with Gasteiger partial charge in [0.1, 0.15) is 6.61 Å². The van der Waals surface area contributed by atoms with E-state index in [1.54, 1.807) is 20.8 Å². The van der Waals surface area contributed by atoms with Crippen molar-refractivity contribution in [2.45, 2.75) is 68.4 Å². The predicted octanol–water partition coefficient (Wildman–Crippen LogP) is 2.67. The van der Waals surface area contributed by atoms with Gasteiger partial charge in [-0.1, -0.05) is 62.3 Å². The molecular weight excluding hydrogens is 424 g/mol. The summed E-state index contributed by atoms with van der Waals surface area (Å²) in [6, 6.07) is 0. The van der Waals surface area contributed by atoms with Crippen LogP contribution in [0.15, 0.2) is 23.3 Å². The maximum atomic E-state index is 12.9. The highest BCUT2D eigenvalue weighted by Crippen LogP contribution is 2.32. The number of ether oxygens (including phenoxy) is 1. The minimum Gasteiger partial charge on any atom is -0.367 e. The number of Topliss-reactive ketones (excluding diaryl/α,β-unsaturated/α-hetero) is 1. The topological polar surface area (TPSA) is 101 Å². The molecule has 0 aromatic carbocycles. The van der Waals surface area contributed by atoms with Crippen LogP contribution in [-0.4, -0.2) is 65.0 Å². The van der Waals surface area contributed by atoms with Crippen LogP contribution in [0.25, 0.3) is 0 Å². The lowest BCUT2D eigenvalue weighted by molar-refractivity contribution is -0.144. The van der Waals surface area contributed by atoms with E-state index < -0.39 is 46.0 Å². The van der Waals surface area contributed by atoms with E-state index in [1.807, 2.05) is 41.5 Å². The number of hydrogen-bond acceptors (Lipinski definition) is 6. The zero-order valence-electron chi connectivity index (χ0n) is 21.2. The summed E-state index contributed by atoms with van der Waals surface area (Å²) in [4.78, 5) is 65.5. The Balaban J connectivity index is 2.24. The molecule has 2 heterocycles. The molecule has 8 nitrogen and oxygen atoms in total. The zero-order valence-corrected chi connectivity index (χ0v) is 21.2. The van der Waals surface area contributed by atoms with E-state index in [1.165, 1.54) is 12.2 Å². The first kappa shape index (κ1) is 26.6. The second-order valence-electron chi connectivity index (χ2n) is 11.7. The first-order valence-corrected chi connectivity index (χ1v) is 11.1. The fourth-order valence-corrected chi connectivity index (χ4v) is 3.42. The number of nitrogens with zero attached hydrogens (tertiary/aromatic N) is 2. The summed E-state index contributed by atoms with van der Waals surface area (Å²) in [6.07, 6.45) is 1.72. The number of hydrogen-bond donors (Lipinski definition) is 0. The van der Waals surface area contributed by atoms with E-state index in [2.05, 4.69) is 0 Å². The average Bonchev–Trinajstić information content (AvgIpc) is 3.09. The van der Waals surface area contributed by atoms with Crippen LogP contribution in [0.4, 0.5) is 0 Å². The molecule has 2 aliphatic heterocycles. The molecular formula is C25H36N2O6. The van der Waals surface area contributed by atoms with Gasteiger partial charge in [0, 0.05) is 28.7 Å².